The molecule has 0 aliphatic heterocycles. The molecule has 1 aromatic heterocycles. The van der Waals surface area contributed by atoms with Gasteiger partial charge in [-0.3, -0.25) is 4.79 Å². The summed E-state index contributed by atoms with van der Waals surface area (Å²) in [6, 6.07) is 13.8. The first-order valence-corrected chi connectivity index (χ1v) is 9.35. The number of para-hydroxylation sites is 2. The van der Waals surface area contributed by atoms with Gasteiger partial charge in [-0.15, -0.1) is 0 Å². The minimum Gasteiger partial charge on any atom is -0.305 e. The number of benzene rings is 2. The summed E-state index contributed by atoms with van der Waals surface area (Å²) in [5.41, 5.74) is 2.00. The molecule has 0 bridgehead atoms. The molecule has 0 aliphatic rings. The second-order valence-corrected chi connectivity index (χ2v) is 7.66. The zero-order chi connectivity index (χ0) is 17.3. The fraction of sp³-hybridized carbons (Fsp3) is 0.222. The van der Waals surface area contributed by atoms with Gasteiger partial charge in [0.2, 0.25) is 0 Å². The highest BCUT2D eigenvalue weighted by atomic mass is 32.2. The predicted molar refractivity (Wildman–Crippen MR) is 93.7 cm³/mol. The number of aryl methyl sites for hydroxylation is 2. The third kappa shape index (κ3) is 2.97. The standard InChI is InChI=1S/C18H18N2O3S/c1-3-20-17-7-5-4-6-15(17)19-16(18(20)21)12-24(22,23)14-10-8-13(2)9-11-14/h4-11H,3,12H2,1-2H3. The van der Waals surface area contributed by atoms with Crippen LogP contribution in [0, 0.1) is 6.92 Å². The first-order valence-electron chi connectivity index (χ1n) is 7.70. The van der Waals surface area contributed by atoms with Crippen molar-refractivity contribution in [1.29, 1.82) is 0 Å². The van der Waals surface area contributed by atoms with Crippen molar-refractivity contribution in [3.05, 3.63) is 70.1 Å². The Morgan fingerprint density at radius 1 is 1.04 bits per heavy atom. The van der Waals surface area contributed by atoms with Crippen LogP contribution in [0.15, 0.2) is 58.2 Å². The Morgan fingerprint density at radius 3 is 2.38 bits per heavy atom. The molecule has 0 atom stereocenters. The second kappa shape index (κ2) is 6.20. The van der Waals surface area contributed by atoms with Crippen LogP contribution in [0.25, 0.3) is 11.0 Å². The van der Waals surface area contributed by atoms with E-state index >= 15 is 0 Å². The van der Waals surface area contributed by atoms with Crippen molar-refractivity contribution in [2.45, 2.75) is 31.0 Å². The molecule has 3 rings (SSSR count). The van der Waals surface area contributed by atoms with E-state index in [4.69, 9.17) is 0 Å². The molecule has 2 aromatic carbocycles. The van der Waals surface area contributed by atoms with Crippen molar-refractivity contribution in [3.8, 4) is 0 Å². The first kappa shape index (κ1) is 16.4. The summed E-state index contributed by atoms with van der Waals surface area (Å²) in [5, 5.41) is 0. The Labute approximate surface area is 140 Å². The number of nitrogens with zero attached hydrogens (tertiary/aromatic N) is 2. The summed E-state index contributed by atoms with van der Waals surface area (Å²) in [5.74, 6) is -0.403. The van der Waals surface area contributed by atoms with Crippen LogP contribution in [0.3, 0.4) is 0 Å². The van der Waals surface area contributed by atoms with E-state index in [1.54, 1.807) is 34.9 Å². The van der Waals surface area contributed by atoms with Gasteiger partial charge in [-0.1, -0.05) is 29.8 Å². The maximum Gasteiger partial charge on any atom is 0.273 e. The smallest absolute Gasteiger partial charge is 0.273 e. The van der Waals surface area contributed by atoms with Gasteiger partial charge in [-0.05, 0) is 38.1 Å². The van der Waals surface area contributed by atoms with Crippen LogP contribution in [-0.4, -0.2) is 18.0 Å². The van der Waals surface area contributed by atoms with Crippen molar-refractivity contribution in [2.75, 3.05) is 0 Å². The molecule has 0 saturated carbocycles. The van der Waals surface area contributed by atoms with Gasteiger partial charge >= 0.3 is 0 Å². The van der Waals surface area contributed by atoms with E-state index in [9.17, 15) is 13.2 Å². The maximum absolute atomic E-state index is 12.6. The third-order valence-electron chi connectivity index (χ3n) is 3.94. The molecule has 5 nitrogen and oxygen atoms in total. The summed E-state index contributed by atoms with van der Waals surface area (Å²) < 4.78 is 26.8. The van der Waals surface area contributed by atoms with Crippen LogP contribution in [0.2, 0.25) is 0 Å². The van der Waals surface area contributed by atoms with Gasteiger partial charge in [-0.2, -0.15) is 0 Å². The van der Waals surface area contributed by atoms with E-state index in [0.29, 0.717) is 17.6 Å². The molecule has 0 spiro atoms. The van der Waals surface area contributed by atoms with Gasteiger partial charge in [0.25, 0.3) is 5.56 Å². The SMILES string of the molecule is CCn1c(=O)c(CS(=O)(=O)c2ccc(C)cc2)nc2ccccc21. The number of fused-ring (bicyclic) bond motifs is 1. The minimum absolute atomic E-state index is 0.0520. The Morgan fingerprint density at radius 2 is 1.71 bits per heavy atom. The highest BCUT2D eigenvalue weighted by molar-refractivity contribution is 7.90. The van der Waals surface area contributed by atoms with Crippen molar-refractivity contribution in [2.24, 2.45) is 0 Å². The number of rotatable bonds is 4. The Kier molecular flexibility index (Phi) is 4.24. The van der Waals surface area contributed by atoms with E-state index in [0.717, 1.165) is 5.56 Å². The van der Waals surface area contributed by atoms with Gasteiger partial charge in [-0.25, -0.2) is 13.4 Å². The zero-order valence-corrected chi connectivity index (χ0v) is 14.4. The van der Waals surface area contributed by atoms with E-state index in [2.05, 4.69) is 4.98 Å². The molecule has 24 heavy (non-hydrogen) atoms. The summed E-state index contributed by atoms with van der Waals surface area (Å²) in [7, 11) is -3.62. The van der Waals surface area contributed by atoms with E-state index in [-0.39, 0.29) is 16.1 Å². The molecule has 1 heterocycles. The molecule has 3 aromatic rings. The molecule has 0 fully saturated rings. The number of hydrogen-bond donors (Lipinski definition) is 0. The third-order valence-corrected chi connectivity index (χ3v) is 5.59. The lowest BCUT2D eigenvalue weighted by molar-refractivity contribution is 0.593. The van der Waals surface area contributed by atoms with E-state index in [1.807, 2.05) is 32.0 Å². The molecule has 0 aliphatic carbocycles. The highest BCUT2D eigenvalue weighted by Crippen LogP contribution is 2.17. The molecule has 0 amide bonds. The number of aromatic nitrogens is 2. The summed E-state index contributed by atoms with van der Waals surface area (Å²) in [6.45, 7) is 4.20. The van der Waals surface area contributed by atoms with E-state index in [1.165, 1.54) is 0 Å². The summed E-state index contributed by atoms with van der Waals surface area (Å²) in [6.07, 6.45) is 0. The Bertz CT molecular complexity index is 1050. The van der Waals surface area contributed by atoms with E-state index < -0.39 is 15.6 Å². The van der Waals surface area contributed by atoms with Gasteiger partial charge in [0, 0.05) is 6.54 Å². The molecule has 0 unspecified atom stereocenters. The molecule has 0 radical (unpaired) electrons. The van der Waals surface area contributed by atoms with Crippen LogP contribution in [0.4, 0.5) is 0 Å². The van der Waals surface area contributed by atoms with Crippen LogP contribution >= 0.6 is 0 Å². The van der Waals surface area contributed by atoms with Crippen molar-refractivity contribution >= 4 is 20.9 Å². The summed E-state index contributed by atoms with van der Waals surface area (Å²) in [4.78, 5) is 17.1. The Balaban J connectivity index is 2.11. The lowest BCUT2D eigenvalue weighted by Crippen LogP contribution is -2.27. The highest BCUT2D eigenvalue weighted by Gasteiger charge is 2.20. The molecule has 0 saturated heterocycles. The predicted octanol–water partition coefficient (Wildman–Crippen LogP) is 2.70. The fourth-order valence-corrected chi connectivity index (χ4v) is 3.93. The molecular weight excluding hydrogens is 324 g/mol. The van der Waals surface area contributed by atoms with Crippen molar-refractivity contribution in [1.82, 2.24) is 9.55 Å². The maximum atomic E-state index is 12.6. The van der Waals surface area contributed by atoms with Gasteiger partial charge in [0.15, 0.2) is 9.84 Å². The summed E-state index contributed by atoms with van der Waals surface area (Å²) >= 11 is 0. The molecule has 124 valence electrons. The normalized spacial score (nSPS) is 11.8. The second-order valence-electron chi connectivity index (χ2n) is 5.67. The lowest BCUT2D eigenvalue weighted by atomic mass is 10.2. The average Bonchev–Trinajstić information content (AvgIpc) is 2.56. The quantitative estimate of drug-likeness (QED) is 0.731. The largest absolute Gasteiger partial charge is 0.305 e. The molecule has 0 N–H and O–H groups in total. The number of hydrogen-bond acceptors (Lipinski definition) is 4. The zero-order valence-electron chi connectivity index (χ0n) is 13.6. The number of sulfone groups is 1. The monoisotopic (exact) mass is 342 g/mol. The minimum atomic E-state index is -3.62. The average molecular weight is 342 g/mol. The van der Waals surface area contributed by atoms with Gasteiger partial charge in [0.05, 0.1) is 15.9 Å². The lowest BCUT2D eigenvalue weighted by Gasteiger charge is -2.10. The van der Waals surface area contributed by atoms with Crippen molar-refractivity contribution < 1.29 is 8.42 Å². The van der Waals surface area contributed by atoms with Crippen molar-refractivity contribution in [3.63, 3.8) is 0 Å². The first-order chi connectivity index (χ1) is 11.4. The Hall–Kier alpha value is -2.47. The van der Waals surface area contributed by atoms with Crippen LogP contribution in [0.1, 0.15) is 18.2 Å². The van der Waals surface area contributed by atoms with Gasteiger partial charge < -0.3 is 4.57 Å². The van der Waals surface area contributed by atoms with Crippen LogP contribution in [0.5, 0.6) is 0 Å². The molecular formula is C18H18N2O3S. The topological polar surface area (TPSA) is 69.0 Å². The van der Waals surface area contributed by atoms with Crippen LogP contribution < -0.4 is 5.56 Å². The fourth-order valence-electron chi connectivity index (χ4n) is 2.66. The van der Waals surface area contributed by atoms with Crippen LogP contribution in [-0.2, 0) is 22.1 Å². The van der Waals surface area contributed by atoms with Gasteiger partial charge in [0.1, 0.15) is 11.4 Å². The molecule has 6 heteroatoms.